The number of hydrogen-bond donors (Lipinski definition) is 2. The van der Waals surface area contributed by atoms with Crippen LogP contribution in [0.25, 0.3) is 0 Å². The number of nitrogens with one attached hydrogen (secondary N) is 1. The summed E-state index contributed by atoms with van der Waals surface area (Å²) in [6.45, 7) is 2.08. The van der Waals surface area contributed by atoms with Crippen molar-refractivity contribution in [1.29, 1.82) is 0 Å². The van der Waals surface area contributed by atoms with E-state index in [1.807, 2.05) is 6.92 Å². The highest BCUT2D eigenvalue weighted by Crippen LogP contribution is 2.24. The molecular weight excluding hydrogens is 285 g/mol. The van der Waals surface area contributed by atoms with E-state index >= 15 is 0 Å². The van der Waals surface area contributed by atoms with Crippen LogP contribution in [0.5, 0.6) is 5.75 Å². The number of rotatable bonds is 6. The first-order valence-corrected chi connectivity index (χ1v) is 6.53. The van der Waals surface area contributed by atoms with Crippen molar-refractivity contribution in [1.82, 2.24) is 0 Å². The van der Waals surface area contributed by atoms with Gasteiger partial charge in [-0.3, -0.25) is 4.79 Å². The second-order valence-electron chi connectivity index (χ2n) is 4.95. The van der Waals surface area contributed by atoms with Crippen molar-refractivity contribution < 1.29 is 22.7 Å². The molecule has 0 saturated carbocycles. The Morgan fingerprint density at radius 3 is 2.62 bits per heavy atom. The Labute approximate surface area is 121 Å². The molecule has 1 atom stereocenters. The van der Waals surface area contributed by atoms with Crippen molar-refractivity contribution in [2.45, 2.75) is 38.9 Å². The summed E-state index contributed by atoms with van der Waals surface area (Å²) in [6, 6.07) is 4.41. The van der Waals surface area contributed by atoms with Gasteiger partial charge in [-0.2, -0.15) is 13.2 Å². The largest absolute Gasteiger partial charge is 0.484 e. The summed E-state index contributed by atoms with van der Waals surface area (Å²) in [4.78, 5) is 11.6. The molecule has 0 aliphatic heterocycles. The zero-order chi connectivity index (χ0) is 16.0. The van der Waals surface area contributed by atoms with Gasteiger partial charge in [-0.1, -0.05) is 0 Å². The van der Waals surface area contributed by atoms with E-state index in [9.17, 15) is 18.0 Å². The van der Waals surface area contributed by atoms with Crippen LogP contribution in [0, 0.1) is 6.92 Å². The molecule has 0 heterocycles. The molecule has 1 aromatic rings. The average molecular weight is 304 g/mol. The minimum Gasteiger partial charge on any atom is -0.484 e. The molecule has 1 unspecified atom stereocenters. The fourth-order valence-corrected chi connectivity index (χ4v) is 1.63. The molecule has 1 aromatic carbocycles. The van der Waals surface area contributed by atoms with Gasteiger partial charge < -0.3 is 15.8 Å². The molecule has 0 saturated heterocycles. The number of anilines is 1. The molecule has 4 nitrogen and oxygen atoms in total. The van der Waals surface area contributed by atoms with E-state index in [-0.39, 0.29) is 17.7 Å². The van der Waals surface area contributed by atoms with Gasteiger partial charge in [-0.25, -0.2) is 0 Å². The Hall–Kier alpha value is -1.76. The SMILES string of the molecule is Cc1cc(NC(=O)CCC(C)N)ccc1OCC(F)(F)F. The molecule has 0 aromatic heterocycles. The van der Waals surface area contributed by atoms with Gasteiger partial charge in [-0.05, 0) is 44.0 Å². The normalized spacial score (nSPS) is 12.9. The van der Waals surface area contributed by atoms with E-state index in [4.69, 9.17) is 5.73 Å². The smallest absolute Gasteiger partial charge is 0.422 e. The van der Waals surface area contributed by atoms with Gasteiger partial charge in [0.15, 0.2) is 6.61 Å². The maximum Gasteiger partial charge on any atom is 0.422 e. The number of amides is 1. The molecule has 118 valence electrons. The number of alkyl halides is 3. The fourth-order valence-electron chi connectivity index (χ4n) is 1.63. The minimum absolute atomic E-state index is 0.0596. The van der Waals surface area contributed by atoms with E-state index < -0.39 is 12.8 Å². The quantitative estimate of drug-likeness (QED) is 0.849. The van der Waals surface area contributed by atoms with Crippen LogP contribution in [0.15, 0.2) is 18.2 Å². The zero-order valence-corrected chi connectivity index (χ0v) is 12.0. The second-order valence-corrected chi connectivity index (χ2v) is 4.95. The number of aryl methyl sites for hydroxylation is 1. The van der Waals surface area contributed by atoms with Gasteiger partial charge in [0.25, 0.3) is 0 Å². The molecule has 3 N–H and O–H groups in total. The minimum atomic E-state index is -4.38. The second kappa shape index (κ2) is 7.31. The summed E-state index contributed by atoms with van der Waals surface area (Å²) in [7, 11) is 0. The summed E-state index contributed by atoms with van der Waals surface area (Å²) in [5, 5.41) is 2.67. The summed E-state index contributed by atoms with van der Waals surface area (Å²) in [6.07, 6.45) is -3.52. The first kappa shape index (κ1) is 17.3. The molecule has 0 radical (unpaired) electrons. The standard InChI is InChI=1S/C14H19F3N2O2/c1-9-7-11(19-13(20)6-3-10(2)18)4-5-12(9)21-8-14(15,16)17/h4-5,7,10H,3,6,8,18H2,1-2H3,(H,19,20). The maximum atomic E-state index is 12.1. The summed E-state index contributed by atoms with van der Waals surface area (Å²) in [5.74, 6) is -0.0448. The Balaban J connectivity index is 2.59. The van der Waals surface area contributed by atoms with Gasteiger partial charge in [0.1, 0.15) is 5.75 Å². The van der Waals surface area contributed by atoms with Crippen molar-refractivity contribution in [2.24, 2.45) is 5.73 Å². The van der Waals surface area contributed by atoms with Crippen LogP contribution in [0.4, 0.5) is 18.9 Å². The molecule has 1 amide bonds. The van der Waals surface area contributed by atoms with Gasteiger partial charge in [0, 0.05) is 18.2 Å². The fraction of sp³-hybridized carbons (Fsp3) is 0.500. The van der Waals surface area contributed by atoms with Crippen LogP contribution < -0.4 is 15.8 Å². The van der Waals surface area contributed by atoms with Gasteiger partial charge >= 0.3 is 6.18 Å². The predicted octanol–water partition coefficient (Wildman–Crippen LogP) is 3.00. The number of halogens is 3. The van der Waals surface area contributed by atoms with Crippen LogP contribution >= 0.6 is 0 Å². The maximum absolute atomic E-state index is 12.1. The number of ether oxygens (including phenoxy) is 1. The average Bonchev–Trinajstić information content (AvgIpc) is 2.34. The van der Waals surface area contributed by atoms with E-state index in [2.05, 4.69) is 10.1 Å². The monoisotopic (exact) mass is 304 g/mol. The Morgan fingerprint density at radius 2 is 2.10 bits per heavy atom. The summed E-state index contributed by atoms with van der Waals surface area (Å²) < 4.78 is 40.9. The number of benzene rings is 1. The molecule has 1 rings (SSSR count). The zero-order valence-electron chi connectivity index (χ0n) is 12.0. The van der Waals surface area contributed by atoms with Crippen molar-refractivity contribution in [2.75, 3.05) is 11.9 Å². The highest BCUT2D eigenvalue weighted by atomic mass is 19.4. The topological polar surface area (TPSA) is 64.4 Å². The van der Waals surface area contributed by atoms with Crippen LogP contribution in [-0.4, -0.2) is 24.7 Å². The Kier molecular flexibility index (Phi) is 6.02. The molecule has 0 aliphatic rings. The molecule has 21 heavy (non-hydrogen) atoms. The van der Waals surface area contributed by atoms with Crippen LogP contribution in [0.1, 0.15) is 25.3 Å². The Bertz CT molecular complexity index is 488. The van der Waals surface area contributed by atoms with E-state index in [1.54, 1.807) is 13.0 Å². The number of nitrogens with two attached hydrogens (primary N) is 1. The van der Waals surface area contributed by atoms with Crippen LogP contribution in [0.2, 0.25) is 0 Å². The lowest BCUT2D eigenvalue weighted by Crippen LogP contribution is -2.20. The number of carbonyl (C=O) groups excluding carboxylic acids is 1. The van der Waals surface area contributed by atoms with Crippen molar-refractivity contribution in [3.8, 4) is 5.75 Å². The highest BCUT2D eigenvalue weighted by Gasteiger charge is 2.28. The van der Waals surface area contributed by atoms with Crippen molar-refractivity contribution in [3.05, 3.63) is 23.8 Å². The van der Waals surface area contributed by atoms with Crippen LogP contribution in [-0.2, 0) is 4.79 Å². The van der Waals surface area contributed by atoms with Crippen molar-refractivity contribution >= 4 is 11.6 Å². The molecule has 0 fully saturated rings. The molecule has 7 heteroatoms. The number of carbonyl (C=O) groups is 1. The molecule has 0 aliphatic carbocycles. The summed E-state index contributed by atoms with van der Waals surface area (Å²) >= 11 is 0. The van der Waals surface area contributed by atoms with Gasteiger partial charge in [0.2, 0.25) is 5.91 Å². The van der Waals surface area contributed by atoms with Crippen LogP contribution in [0.3, 0.4) is 0 Å². The van der Waals surface area contributed by atoms with Gasteiger partial charge in [0.05, 0.1) is 0 Å². The predicted molar refractivity (Wildman–Crippen MR) is 74.2 cm³/mol. The van der Waals surface area contributed by atoms with E-state index in [0.29, 0.717) is 24.1 Å². The molecule has 0 spiro atoms. The molecule has 0 bridgehead atoms. The first-order valence-electron chi connectivity index (χ1n) is 6.53. The van der Waals surface area contributed by atoms with E-state index in [1.165, 1.54) is 12.1 Å². The van der Waals surface area contributed by atoms with Gasteiger partial charge in [-0.15, -0.1) is 0 Å². The lowest BCUT2D eigenvalue weighted by atomic mass is 10.1. The van der Waals surface area contributed by atoms with E-state index in [0.717, 1.165) is 0 Å². The molecular formula is C14H19F3N2O2. The summed E-state index contributed by atoms with van der Waals surface area (Å²) in [5.41, 5.74) is 6.59. The third kappa shape index (κ3) is 6.99. The Morgan fingerprint density at radius 1 is 1.43 bits per heavy atom. The number of hydrogen-bond acceptors (Lipinski definition) is 3. The highest BCUT2D eigenvalue weighted by molar-refractivity contribution is 5.90. The lowest BCUT2D eigenvalue weighted by Gasteiger charge is -2.13. The van der Waals surface area contributed by atoms with Crippen molar-refractivity contribution in [3.63, 3.8) is 0 Å². The lowest BCUT2D eigenvalue weighted by molar-refractivity contribution is -0.153. The third-order valence-corrected chi connectivity index (χ3v) is 2.68. The third-order valence-electron chi connectivity index (χ3n) is 2.68. The first-order chi connectivity index (χ1) is 9.67.